The van der Waals surface area contributed by atoms with Crippen molar-refractivity contribution >= 4 is 28.5 Å². The number of likely N-dealkylation sites (tertiary alicyclic amines) is 1. The second kappa shape index (κ2) is 7.37. The van der Waals surface area contributed by atoms with Gasteiger partial charge in [-0.25, -0.2) is 14.8 Å². The number of fused-ring (bicyclic) bond motifs is 1. The number of nitrogens with zero attached hydrogens (tertiary/aromatic N) is 3. The van der Waals surface area contributed by atoms with Crippen molar-refractivity contribution in [2.24, 2.45) is 0 Å². The van der Waals surface area contributed by atoms with E-state index in [9.17, 15) is 9.90 Å². The zero-order chi connectivity index (χ0) is 20.7. The molecule has 1 fully saturated rings. The topological polar surface area (TPSA) is 84.8 Å². The quantitative estimate of drug-likeness (QED) is 0.776. The Morgan fingerprint density at radius 2 is 1.93 bits per heavy atom. The van der Waals surface area contributed by atoms with E-state index in [1.807, 2.05) is 20.8 Å². The molecule has 1 saturated heterocycles. The first-order chi connectivity index (χ1) is 12.9. The third-order valence-electron chi connectivity index (χ3n) is 4.44. The van der Waals surface area contributed by atoms with Crippen LogP contribution in [0.4, 0.5) is 4.79 Å². The van der Waals surface area contributed by atoms with Gasteiger partial charge in [0.15, 0.2) is 0 Å². The van der Waals surface area contributed by atoms with E-state index in [0.29, 0.717) is 41.5 Å². The fourth-order valence-corrected chi connectivity index (χ4v) is 3.30. The standard InChI is InChI=1S/C20H26ClN3O4/c1-19(2,3)28-18(25)24-7-6-12(11-24)27-17-14-9-22-16(21)8-13(14)15(10-23-17)20(4,5)26/h8-10,12,26H,6-7,11H2,1-5H3/t12-/m1/s1. The molecule has 1 aliphatic heterocycles. The molecule has 1 atom stereocenters. The van der Waals surface area contributed by atoms with Gasteiger partial charge in [-0.15, -0.1) is 0 Å². The molecule has 0 unspecified atom stereocenters. The summed E-state index contributed by atoms with van der Waals surface area (Å²) in [5.74, 6) is 0.406. The van der Waals surface area contributed by atoms with Gasteiger partial charge in [0.25, 0.3) is 0 Å². The molecule has 1 N–H and O–H groups in total. The number of halogens is 1. The summed E-state index contributed by atoms with van der Waals surface area (Å²) in [5.41, 5.74) is -0.984. The highest BCUT2D eigenvalue weighted by molar-refractivity contribution is 6.30. The Balaban J connectivity index is 1.81. The lowest BCUT2D eigenvalue weighted by Crippen LogP contribution is -2.36. The van der Waals surface area contributed by atoms with Crippen LogP contribution in [0.3, 0.4) is 0 Å². The molecule has 0 radical (unpaired) electrons. The summed E-state index contributed by atoms with van der Waals surface area (Å²) in [5, 5.41) is 12.2. The summed E-state index contributed by atoms with van der Waals surface area (Å²) in [4.78, 5) is 22.4. The normalized spacial score (nSPS) is 17.8. The van der Waals surface area contributed by atoms with Gasteiger partial charge in [-0.1, -0.05) is 11.6 Å². The molecule has 0 aromatic carbocycles. The lowest BCUT2D eigenvalue weighted by Gasteiger charge is -2.24. The molecule has 1 aliphatic rings. The maximum atomic E-state index is 12.2. The third-order valence-corrected chi connectivity index (χ3v) is 4.64. The van der Waals surface area contributed by atoms with Crippen LogP contribution < -0.4 is 4.74 Å². The first-order valence-electron chi connectivity index (χ1n) is 9.26. The van der Waals surface area contributed by atoms with Gasteiger partial charge < -0.3 is 19.5 Å². The molecule has 1 amide bonds. The van der Waals surface area contributed by atoms with Gasteiger partial charge in [0.1, 0.15) is 16.9 Å². The molecule has 0 bridgehead atoms. The van der Waals surface area contributed by atoms with Crippen molar-refractivity contribution in [1.82, 2.24) is 14.9 Å². The van der Waals surface area contributed by atoms with Crippen LogP contribution in [0.5, 0.6) is 5.88 Å². The van der Waals surface area contributed by atoms with Crippen molar-refractivity contribution in [3.8, 4) is 5.88 Å². The number of hydrogen-bond donors (Lipinski definition) is 1. The van der Waals surface area contributed by atoms with E-state index >= 15 is 0 Å². The highest BCUT2D eigenvalue weighted by Crippen LogP contribution is 2.34. The van der Waals surface area contributed by atoms with Crippen LogP contribution in [-0.2, 0) is 10.3 Å². The number of carbonyl (C=O) groups excluding carboxylic acids is 1. The van der Waals surface area contributed by atoms with Gasteiger partial charge in [0.2, 0.25) is 5.88 Å². The van der Waals surface area contributed by atoms with Crippen LogP contribution in [0, 0.1) is 0 Å². The van der Waals surface area contributed by atoms with E-state index in [0.717, 1.165) is 5.39 Å². The summed E-state index contributed by atoms with van der Waals surface area (Å²) < 4.78 is 11.5. The maximum absolute atomic E-state index is 12.2. The zero-order valence-electron chi connectivity index (χ0n) is 16.8. The third kappa shape index (κ3) is 4.64. The highest BCUT2D eigenvalue weighted by atomic mass is 35.5. The van der Waals surface area contributed by atoms with E-state index < -0.39 is 11.2 Å². The van der Waals surface area contributed by atoms with Crippen LogP contribution in [0.15, 0.2) is 18.5 Å². The van der Waals surface area contributed by atoms with Gasteiger partial charge in [-0.3, -0.25) is 0 Å². The average molecular weight is 408 g/mol. The fourth-order valence-electron chi connectivity index (χ4n) is 3.14. The Morgan fingerprint density at radius 3 is 2.57 bits per heavy atom. The number of hydrogen-bond acceptors (Lipinski definition) is 6. The number of aromatic nitrogens is 2. The first-order valence-corrected chi connectivity index (χ1v) is 9.63. The number of ether oxygens (including phenoxy) is 2. The molecule has 0 spiro atoms. The number of amides is 1. The summed E-state index contributed by atoms with van der Waals surface area (Å²) in [7, 11) is 0. The molecule has 2 aromatic heterocycles. The van der Waals surface area contributed by atoms with E-state index in [2.05, 4.69) is 9.97 Å². The van der Waals surface area contributed by atoms with Crippen LogP contribution in [0.25, 0.3) is 10.8 Å². The largest absolute Gasteiger partial charge is 0.472 e. The van der Waals surface area contributed by atoms with Gasteiger partial charge in [0, 0.05) is 30.9 Å². The second-order valence-corrected chi connectivity index (χ2v) is 8.93. The number of aliphatic hydroxyl groups is 1. The summed E-state index contributed by atoms with van der Waals surface area (Å²) in [6.07, 6.45) is 3.32. The molecule has 0 aliphatic carbocycles. The lowest BCUT2D eigenvalue weighted by atomic mass is 9.95. The van der Waals surface area contributed by atoms with Crippen molar-refractivity contribution in [1.29, 1.82) is 0 Å². The molecule has 3 heterocycles. The molecule has 8 heteroatoms. The predicted molar refractivity (Wildman–Crippen MR) is 107 cm³/mol. The average Bonchev–Trinajstić information content (AvgIpc) is 3.00. The van der Waals surface area contributed by atoms with Gasteiger partial charge in [-0.2, -0.15) is 0 Å². The van der Waals surface area contributed by atoms with Crippen LogP contribution >= 0.6 is 11.6 Å². The van der Waals surface area contributed by atoms with E-state index in [1.54, 1.807) is 37.2 Å². The smallest absolute Gasteiger partial charge is 0.410 e. The summed E-state index contributed by atoms with van der Waals surface area (Å²) in [6.45, 7) is 9.88. The minimum atomic E-state index is -1.09. The number of pyridine rings is 2. The van der Waals surface area contributed by atoms with Crippen molar-refractivity contribution in [2.45, 2.75) is 58.3 Å². The van der Waals surface area contributed by atoms with Crippen LogP contribution in [-0.4, -0.2) is 50.9 Å². The monoisotopic (exact) mass is 407 g/mol. The molecular formula is C20H26ClN3O4. The minimum Gasteiger partial charge on any atom is -0.472 e. The Labute approximate surface area is 169 Å². The Hall–Kier alpha value is -2.12. The van der Waals surface area contributed by atoms with Crippen molar-refractivity contribution in [3.63, 3.8) is 0 Å². The Morgan fingerprint density at radius 1 is 1.21 bits per heavy atom. The molecule has 152 valence electrons. The van der Waals surface area contributed by atoms with Gasteiger partial charge in [-0.05, 0) is 46.1 Å². The number of carbonyl (C=O) groups is 1. The van der Waals surface area contributed by atoms with E-state index in [4.69, 9.17) is 21.1 Å². The SMILES string of the molecule is CC(C)(C)OC(=O)N1CC[C@@H](Oc2ncc(C(C)(C)O)c3cc(Cl)ncc23)C1. The lowest BCUT2D eigenvalue weighted by molar-refractivity contribution is 0.0275. The molecule has 28 heavy (non-hydrogen) atoms. The second-order valence-electron chi connectivity index (χ2n) is 8.54. The molecular weight excluding hydrogens is 382 g/mol. The molecule has 2 aromatic rings. The summed E-state index contributed by atoms with van der Waals surface area (Å²) in [6, 6.07) is 1.69. The first kappa shape index (κ1) is 20.6. The van der Waals surface area contributed by atoms with Gasteiger partial charge in [0.05, 0.1) is 17.5 Å². The Bertz CT molecular complexity index is 889. The van der Waals surface area contributed by atoms with Gasteiger partial charge >= 0.3 is 6.09 Å². The van der Waals surface area contributed by atoms with E-state index in [1.165, 1.54) is 0 Å². The zero-order valence-corrected chi connectivity index (χ0v) is 17.6. The predicted octanol–water partition coefficient (Wildman–Crippen LogP) is 3.90. The fraction of sp³-hybridized carbons (Fsp3) is 0.550. The Kier molecular flexibility index (Phi) is 5.42. The minimum absolute atomic E-state index is 0.202. The van der Waals surface area contributed by atoms with E-state index in [-0.39, 0.29) is 12.2 Å². The maximum Gasteiger partial charge on any atom is 0.410 e. The van der Waals surface area contributed by atoms with Crippen LogP contribution in [0.2, 0.25) is 5.15 Å². The van der Waals surface area contributed by atoms with Crippen molar-refractivity contribution < 1.29 is 19.4 Å². The molecule has 3 rings (SSSR count). The van der Waals surface area contributed by atoms with Crippen molar-refractivity contribution in [3.05, 3.63) is 29.2 Å². The molecule has 0 saturated carbocycles. The summed E-state index contributed by atoms with van der Waals surface area (Å²) >= 11 is 6.06. The number of rotatable bonds is 3. The highest BCUT2D eigenvalue weighted by Gasteiger charge is 2.32. The van der Waals surface area contributed by atoms with Crippen LogP contribution in [0.1, 0.15) is 46.6 Å². The molecule has 7 nitrogen and oxygen atoms in total. The van der Waals surface area contributed by atoms with Crippen molar-refractivity contribution in [2.75, 3.05) is 13.1 Å².